The molecular weight excluding hydrogens is 190 g/mol. The van der Waals surface area contributed by atoms with Crippen LogP contribution in [0.15, 0.2) is 24.3 Å². The molecule has 0 saturated carbocycles. The van der Waals surface area contributed by atoms with Gasteiger partial charge in [-0.2, -0.15) is 0 Å². The normalized spacial score (nSPS) is 12.2. The monoisotopic (exact) mass is 207 g/mol. The maximum Gasteiger partial charge on any atom is 0.326 e. The zero-order valence-electron chi connectivity index (χ0n) is 9.40. The number of nitrogens with zero attached hydrogens (tertiary/aromatic N) is 1. The summed E-state index contributed by atoms with van der Waals surface area (Å²) < 4.78 is 0. The maximum atomic E-state index is 11.0. The summed E-state index contributed by atoms with van der Waals surface area (Å²) in [6, 6.07) is 7.41. The second-order valence-corrected chi connectivity index (χ2v) is 3.71. The molecule has 0 aliphatic heterocycles. The molecule has 0 heterocycles. The molecule has 0 amide bonds. The highest BCUT2D eigenvalue weighted by atomic mass is 16.4. The predicted molar refractivity (Wildman–Crippen MR) is 61.3 cm³/mol. The summed E-state index contributed by atoms with van der Waals surface area (Å²) >= 11 is 0. The molecule has 3 nitrogen and oxygen atoms in total. The molecule has 0 aliphatic carbocycles. The molecule has 1 atom stereocenters. The third-order valence-corrected chi connectivity index (χ3v) is 2.58. The number of carboxylic acids is 1. The Hall–Kier alpha value is -1.51. The Kier molecular flexibility index (Phi) is 3.72. The average Bonchev–Trinajstić information content (AvgIpc) is 2.19. The molecule has 3 heteroatoms. The highest BCUT2D eigenvalue weighted by Gasteiger charge is 2.20. The summed E-state index contributed by atoms with van der Waals surface area (Å²) in [5.74, 6) is -0.777. The van der Waals surface area contributed by atoms with E-state index in [2.05, 4.69) is 0 Å². The summed E-state index contributed by atoms with van der Waals surface area (Å²) in [6.07, 6.45) is 0.597. The third kappa shape index (κ3) is 2.72. The molecule has 0 bridgehead atoms. The number of hydrogen-bond acceptors (Lipinski definition) is 2. The van der Waals surface area contributed by atoms with E-state index in [0.717, 1.165) is 5.69 Å². The van der Waals surface area contributed by atoms with E-state index in [0.29, 0.717) is 6.42 Å². The van der Waals surface area contributed by atoms with Crippen LogP contribution in [0.2, 0.25) is 0 Å². The molecule has 15 heavy (non-hydrogen) atoms. The third-order valence-electron chi connectivity index (χ3n) is 2.58. The van der Waals surface area contributed by atoms with Crippen molar-refractivity contribution in [3.8, 4) is 0 Å². The number of benzene rings is 1. The van der Waals surface area contributed by atoms with Crippen LogP contribution in [0.25, 0.3) is 0 Å². The van der Waals surface area contributed by atoms with E-state index < -0.39 is 12.0 Å². The van der Waals surface area contributed by atoms with Gasteiger partial charge in [-0.05, 0) is 25.5 Å². The van der Waals surface area contributed by atoms with Crippen molar-refractivity contribution >= 4 is 11.7 Å². The molecule has 0 saturated heterocycles. The Morgan fingerprint density at radius 3 is 2.33 bits per heavy atom. The molecule has 1 rings (SSSR count). The summed E-state index contributed by atoms with van der Waals surface area (Å²) in [7, 11) is 1.81. The minimum Gasteiger partial charge on any atom is -0.480 e. The first-order valence-electron chi connectivity index (χ1n) is 5.08. The molecule has 1 aromatic carbocycles. The first kappa shape index (κ1) is 11.6. The van der Waals surface area contributed by atoms with E-state index in [-0.39, 0.29) is 0 Å². The average molecular weight is 207 g/mol. The summed E-state index contributed by atoms with van der Waals surface area (Å²) in [4.78, 5) is 12.8. The topological polar surface area (TPSA) is 40.5 Å². The highest BCUT2D eigenvalue weighted by Crippen LogP contribution is 2.17. The Morgan fingerprint density at radius 1 is 1.40 bits per heavy atom. The van der Waals surface area contributed by atoms with E-state index in [4.69, 9.17) is 5.11 Å². The van der Waals surface area contributed by atoms with Crippen LogP contribution < -0.4 is 4.90 Å². The second kappa shape index (κ2) is 4.82. The minimum absolute atomic E-state index is 0.451. The van der Waals surface area contributed by atoms with Gasteiger partial charge in [0.1, 0.15) is 6.04 Å². The molecule has 0 spiro atoms. The lowest BCUT2D eigenvalue weighted by Gasteiger charge is -2.25. The van der Waals surface area contributed by atoms with Gasteiger partial charge >= 0.3 is 5.97 Å². The number of carbonyl (C=O) groups is 1. The SMILES string of the molecule is CC[C@H](C(=O)O)N(C)c1ccc(C)cc1. The molecule has 1 aromatic rings. The smallest absolute Gasteiger partial charge is 0.326 e. The van der Waals surface area contributed by atoms with E-state index in [1.54, 1.807) is 4.90 Å². The van der Waals surface area contributed by atoms with Crippen LogP contribution in [0.3, 0.4) is 0 Å². The van der Waals surface area contributed by atoms with Gasteiger partial charge in [0.25, 0.3) is 0 Å². The number of aliphatic carboxylic acids is 1. The van der Waals surface area contributed by atoms with E-state index in [9.17, 15) is 4.79 Å². The Bertz CT molecular complexity index is 332. The van der Waals surface area contributed by atoms with Crippen molar-refractivity contribution in [3.05, 3.63) is 29.8 Å². The maximum absolute atomic E-state index is 11.0. The van der Waals surface area contributed by atoms with Gasteiger partial charge in [-0.1, -0.05) is 24.6 Å². The molecule has 0 aromatic heterocycles. The van der Waals surface area contributed by atoms with Crippen LogP contribution in [-0.4, -0.2) is 24.2 Å². The van der Waals surface area contributed by atoms with E-state index in [1.165, 1.54) is 5.56 Å². The van der Waals surface area contributed by atoms with Gasteiger partial charge in [-0.15, -0.1) is 0 Å². The fourth-order valence-corrected chi connectivity index (χ4v) is 1.57. The van der Waals surface area contributed by atoms with Crippen LogP contribution in [-0.2, 0) is 4.79 Å². The fraction of sp³-hybridized carbons (Fsp3) is 0.417. The quantitative estimate of drug-likeness (QED) is 0.823. The zero-order valence-corrected chi connectivity index (χ0v) is 9.40. The molecule has 0 radical (unpaired) electrons. The van der Waals surface area contributed by atoms with Crippen molar-refractivity contribution in [3.63, 3.8) is 0 Å². The zero-order chi connectivity index (χ0) is 11.4. The van der Waals surface area contributed by atoms with Gasteiger partial charge in [0.15, 0.2) is 0 Å². The van der Waals surface area contributed by atoms with Crippen molar-refractivity contribution < 1.29 is 9.90 Å². The summed E-state index contributed by atoms with van der Waals surface area (Å²) in [6.45, 7) is 3.89. The lowest BCUT2D eigenvalue weighted by molar-refractivity contribution is -0.138. The molecule has 82 valence electrons. The first-order valence-corrected chi connectivity index (χ1v) is 5.08. The fourth-order valence-electron chi connectivity index (χ4n) is 1.57. The molecule has 0 aliphatic rings. The van der Waals surface area contributed by atoms with Crippen LogP contribution >= 0.6 is 0 Å². The first-order chi connectivity index (χ1) is 7.06. The van der Waals surface area contributed by atoms with Crippen molar-refractivity contribution in [2.24, 2.45) is 0 Å². The standard InChI is InChI=1S/C12H17NO2/c1-4-11(12(14)15)13(3)10-7-5-9(2)6-8-10/h5-8,11H,4H2,1-3H3,(H,14,15)/t11-/m1/s1. The Balaban J connectivity index is 2.87. The van der Waals surface area contributed by atoms with Gasteiger partial charge < -0.3 is 10.0 Å². The van der Waals surface area contributed by atoms with Gasteiger partial charge in [-0.3, -0.25) is 0 Å². The molecule has 0 fully saturated rings. The summed E-state index contributed by atoms with van der Waals surface area (Å²) in [5, 5.41) is 9.02. The van der Waals surface area contributed by atoms with Gasteiger partial charge in [0.05, 0.1) is 0 Å². The van der Waals surface area contributed by atoms with Crippen LogP contribution in [0.4, 0.5) is 5.69 Å². The van der Waals surface area contributed by atoms with Crippen LogP contribution in [0.1, 0.15) is 18.9 Å². The van der Waals surface area contributed by atoms with Gasteiger partial charge in [0.2, 0.25) is 0 Å². The van der Waals surface area contributed by atoms with Crippen LogP contribution in [0.5, 0.6) is 0 Å². The van der Waals surface area contributed by atoms with E-state index in [1.807, 2.05) is 45.2 Å². The number of anilines is 1. The minimum atomic E-state index is -0.777. The second-order valence-electron chi connectivity index (χ2n) is 3.71. The van der Waals surface area contributed by atoms with Crippen molar-refractivity contribution in [2.75, 3.05) is 11.9 Å². The molecule has 1 N–H and O–H groups in total. The Labute approximate surface area is 90.3 Å². The number of rotatable bonds is 4. The predicted octanol–water partition coefficient (Wildman–Crippen LogP) is 2.29. The summed E-state index contributed by atoms with van der Waals surface area (Å²) in [5.41, 5.74) is 2.12. The van der Waals surface area contributed by atoms with Crippen molar-refractivity contribution in [1.29, 1.82) is 0 Å². The van der Waals surface area contributed by atoms with Crippen LogP contribution in [0, 0.1) is 6.92 Å². The van der Waals surface area contributed by atoms with Gasteiger partial charge in [-0.25, -0.2) is 4.79 Å². The largest absolute Gasteiger partial charge is 0.480 e. The number of aryl methyl sites for hydroxylation is 1. The lowest BCUT2D eigenvalue weighted by atomic mass is 10.1. The van der Waals surface area contributed by atoms with Gasteiger partial charge in [0, 0.05) is 12.7 Å². The lowest BCUT2D eigenvalue weighted by Crippen LogP contribution is -2.37. The van der Waals surface area contributed by atoms with E-state index >= 15 is 0 Å². The number of hydrogen-bond donors (Lipinski definition) is 1. The number of likely N-dealkylation sites (N-methyl/N-ethyl adjacent to an activating group) is 1. The highest BCUT2D eigenvalue weighted by molar-refractivity contribution is 5.77. The number of carboxylic acid groups (broad SMARTS) is 1. The Morgan fingerprint density at radius 2 is 1.93 bits per heavy atom. The van der Waals surface area contributed by atoms with Crippen molar-refractivity contribution in [2.45, 2.75) is 26.3 Å². The molecular formula is C12H17NO2. The van der Waals surface area contributed by atoms with Crippen molar-refractivity contribution in [1.82, 2.24) is 0 Å². The molecule has 0 unspecified atom stereocenters.